The van der Waals surface area contributed by atoms with Crippen LogP contribution in [0.25, 0.3) is 0 Å². The number of benzene rings is 2. The number of hydrogen-bond acceptors (Lipinski definition) is 2. The van der Waals surface area contributed by atoms with E-state index in [1.54, 1.807) is 12.1 Å². The van der Waals surface area contributed by atoms with Gasteiger partial charge in [0.15, 0.2) is 12.6 Å². The molecule has 6 nitrogen and oxygen atoms in total. The van der Waals surface area contributed by atoms with E-state index in [-0.39, 0.29) is 17.9 Å². The summed E-state index contributed by atoms with van der Waals surface area (Å²) >= 11 is 5.99. The standard InChI is InChI=1S/C23H29ClN4O2/c1-16-6-4-9-21(17(16)2)26-22(29)15-27-10-12-28(13-11-27)18(3)23(30)25-20-8-5-7-19(24)14-20/h4-9,14,18H,10-13,15H2,1-3H3,(H,25,30)(H,26,29)/p+2/t18-/m1/s1. The Hall–Kier alpha value is -2.41. The minimum Gasteiger partial charge on any atom is -0.321 e. The van der Waals surface area contributed by atoms with Crippen LogP contribution in [0.4, 0.5) is 11.4 Å². The largest absolute Gasteiger partial charge is 0.321 e. The van der Waals surface area contributed by atoms with Gasteiger partial charge in [-0.3, -0.25) is 9.59 Å². The number of piperazine rings is 1. The van der Waals surface area contributed by atoms with E-state index >= 15 is 0 Å². The van der Waals surface area contributed by atoms with Crippen LogP contribution >= 0.6 is 11.6 Å². The number of quaternary nitrogens is 2. The van der Waals surface area contributed by atoms with Crippen LogP contribution in [-0.2, 0) is 9.59 Å². The van der Waals surface area contributed by atoms with E-state index in [0.29, 0.717) is 17.3 Å². The zero-order chi connectivity index (χ0) is 21.7. The zero-order valence-electron chi connectivity index (χ0n) is 17.8. The number of nitrogens with one attached hydrogen (secondary N) is 4. The number of carbonyl (C=O) groups excluding carboxylic acids is 2. The van der Waals surface area contributed by atoms with Crippen molar-refractivity contribution in [1.82, 2.24) is 0 Å². The van der Waals surface area contributed by atoms with E-state index in [2.05, 4.69) is 10.6 Å². The van der Waals surface area contributed by atoms with Gasteiger partial charge in [-0.25, -0.2) is 0 Å². The molecule has 1 saturated heterocycles. The second kappa shape index (κ2) is 10.1. The first-order valence-electron chi connectivity index (χ1n) is 10.4. The molecule has 30 heavy (non-hydrogen) atoms. The van der Waals surface area contributed by atoms with Crippen LogP contribution in [0.5, 0.6) is 0 Å². The number of halogens is 1. The summed E-state index contributed by atoms with van der Waals surface area (Å²) < 4.78 is 0. The van der Waals surface area contributed by atoms with Crippen molar-refractivity contribution in [3.63, 3.8) is 0 Å². The van der Waals surface area contributed by atoms with Gasteiger partial charge in [-0.05, 0) is 56.2 Å². The highest BCUT2D eigenvalue weighted by molar-refractivity contribution is 6.30. The highest BCUT2D eigenvalue weighted by Gasteiger charge is 2.31. The predicted molar refractivity (Wildman–Crippen MR) is 120 cm³/mol. The summed E-state index contributed by atoms with van der Waals surface area (Å²) in [6.07, 6.45) is 0. The second-order valence-electron chi connectivity index (χ2n) is 8.10. The number of rotatable bonds is 6. The number of amides is 2. The van der Waals surface area contributed by atoms with E-state index in [1.807, 2.05) is 51.1 Å². The van der Waals surface area contributed by atoms with E-state index in [4.69, 9.17) is 11.6 Å². The van der Waals surface area contributed by atoms with Crippen molar-refractivity contribution in [1.29, 1.82) is 0 Å². The Bertz CT molecular complexity index is 910. The molecule has 0 saturated carbocycles. The first-order chi connectivity index (χ1) is 14.3. The maximum atomic E-state index is 12.6. The van der Waals surface area contributed by atoms with Gasteiger partial charge < -0.3 is 20.4 Å². The third-order valence-corrected chi connectivity index (χ3v) is 6.22. The van der Waals surface area contributed by atoms with Crippen molar-refractivity contribution in [2.75, 3.05) is 43.4 Å². The lowest BCUT2D eigenvalue weighted by atomic mass is 10.1. The van der Waals surface area contributed by atoms with E-state index in [9.17, 15) is 9.59 Å². The third-order valence-electron chi connectivity index (χ3n) is 5.99. The Morgan fingerprint density at radius 2 is 1.73 bits per heavy atom. The molecule has 7 heteroatoms. The number of carbonyl (C=O) groups is 2. The molecule has 2 amide bonds. The number of aryl methyl sites for hydroxylation is 1. The molecule has 4 N–H and O–H groups in total. The van der Waals surface area contributed by atoms with Crippen LogP contribution in [0.2, 0.25) is 5.02 Å². The van der Waals surface area contributed by atoms with Gasteiger partial charge in [-0.2, -0.15) is 0 Å². The van der Waals surface area contributed by atoms with E-state index < -0.39 is 0 Å². The maximum Gasteiger partial charge on any atom is 0.282 e. The van der Waals surface area contributed by atoms with E-state index in [0.717, 1.165) is 37.4 Å². The topological polar surface area (TPSA) is 67.1 Å². The van der Waals surface area contributed by atoms with Crippen LogP contribution in [0.15, 0.2) is 42.5 Å². The molecular formula is C23H31ClN4O2+2. The zero-order valence-corrected chi connectivity index (χ0v) is 18.6. The van der Waals surface area contributed by atoms with Crippen molar-refractivity contribution >= 4 is 34.8 Å². The molecule has 0 spiro atoms. The van der Waals surface area contributed by atoms with Crippen molar-refractivity contribution < 1.29 is 19.4 Å². The van der Waals surface area contributed by atoms with Gasteiger partial charge in [0.1, 0.15) is 26.2 Å². The fourth-order valence-corrected chi connectivity index (χ4v) is 4.03. The summed E-state index contributed by atoms with van der Waals surface area (Å²) in [5, 5.41) is 6.59. The first-order valence-corrected chi connectivity index (χ1v) is 10.8. The fourth-order valence-electron chi connectivity index (χ4n) is 3.84. The van der Waals surface area contributed by atoms with Gasteiger partial charge in [0.2, 0.25) is 0 Å². The first kappa shape index (κ1) is 22.3. The minimum absolute atomic E-state index is 0.0108. The average molecular weight is 431 g/mol. The molecule has 0 unspecified atom stereocenters. The number of anilines is 2. The molecule has 1 heterocycles. The van der Waals surface area contributed by atoms with Gasteiger partial charge >= 0.3 is 0 Å². The van der Waals surface area contributed by atoms with Crippen LogP contribution in [0.3, 0.4) is 0 Å². The summed E-state index contributed by atoms with van der Waals surface area (Å²) in [4.78, 5) is 27.6. The van der Waals surface area contributed by atoms with Gasteiger partial charge in [0.05, 0.1) is 0 Å². The summed E-state index contributed by atoms with van der Waals surface area (Å²) in [6.45, 7) is 9.91. The molecule has 0 radical (unpaired) electrons. The second-order valence-corrected chi connectivity index (χ2v) is 8.54. The van der Waals surface area contributed by atoms with Gasteiger partial charge in [-0.1, -0.05) is 29.8 Å². The lowest BCUT2D eigenvalue weighted by molar-refractivity contribution is -1.01. The molecule has 0 bridgehead atoms. The Labute approximate surface area is 183 Å². The molecule has 2 aromatic rings. The molecular weight excluding hydrogens is 400 g/mol. The molecule has 3 rings (SSSR count). The molecule has 0 aliphatic carbocycles. The molecule has 0 aromatic heterocycles. The molecule has 1 fully saturated rings. The van der Waals surface area contributed by atoms with Crippen LogP contribution in [-0.4, -0.2) is 50.6 Å². The Balaban J connectivity index is 1.46. The van der Waals surface area contributed by atoms with Crippen molar-refractivity contribution in [2.45, 2.75) is 26.8 Å². The fraction of sp³-hybridized carbons (Fsp3) is 0.391. The summed E-state index contributed by atoms with van der Waals surface area (Å²) in [6, 6.07) is 13.0. The molecule has 1 aliphatic rings. The Morgan fingerprint density at radius 1 is 1.03 bits per heavy atom. The monoisotopic (exact) mass is 430 g/mol. The van der Waals surface area contributed by atoms with Crippen LogP contribution in [0, 0.1) is 13.8 Å². The third kappa shape index (κ3) is 5.81. The lowest BCUT2D eigenvalue weighted by Crippen LogP contribution is -3.30. The normalized spacial score (nSPS) is 19.7. The minimum atomic E-state index is -0.158. The Morgan fingerprint density at radius 3 is 2.43 bits per heavy atom. The van der Waals surface area contributed by atoms with Crippen molar-refractivity contribution in [2.24, 2.45) is 0 Å². The quantitative estimate of drug-likeness (QED) is 0.545. The molecule has 1 atom stereocenters. The highest BCUT2D eigenvalue weighted by Crippen LogP contribution is 2.17. The smallest absolute Gasteiger partial charge is 0.282 e. The molecule has 2 aromatic carbocycles. The van der Waals surface area contributed by atoms with Crippen molar-refractivity contribution in [3.8, 4) is 0 Å². The van der Waals surface area contributed by atoms with Crippen LogP contribution in [0.1, 0.15) is 18.1 Å². The van der Waals surface area contributed by atoms with Crippen LogP contribution < -0.4 is 20.4 Å². The van der Waals surface area contributed by atoms with Crippen molar-refractivity contribution in [3.05, 3.63) is 58.6 Å². The van der Waals surface area contributed by atoms with E-state index in [1.165, 1.54) is 15.4 Å². The number of hydrogen-bond donors (Lipinski definition) is 4. The highest BCUT2D eigenvalue weighted by atomic mass is 35.5. The average Bonchev–Trinajstić information content (AvgIpc) is 2.71. The molecule has 160 valence electrons. The summed E-state index contributed by atoms with van der Waals surface area (Å²) in [7, 11) is 0. The van der Waals surface area contributed by atoms with Gasteiger partial charge in [0, 0.05) is 16.4 Å². The SMILES string of the molecule is Cc1cccc(NC(=O)C[NH+]2CC[NH+]([C@H](C)C(=O)Nc3cccc(Cl)c3)CC2)c1C. The Kier molecular flexibility index (Phi) is 7.48. The lowest BCUT2D eigenvalue weighted by Gasteiger charge is -2.32. The molecule has 1 aliphatic heterocycles. The maximum absolute atomic E-state index is 12.6. The summed E-state index contributed by atoms with van der Waals surface area (Å²) in [5.41, 5.74) is 3.87. The summed E-state index contributed by atoms with van der Waals surface area (Å²) in [5.74, 6) is 0.0253. The van der Waals surface area contributed by atoms with Gasteiger partial charge in [-0.15, -0.1) is 0 Å². The van der Waals surface area contributed by atoms with Gasteiger partial charge in [0.25, 0.3) is 11.8 Å². The predicted octanol–water partition coefficient (Wildman–Crippen LogP) is 0.706.